The standard InChI is InChI=1S/C32H29N7O7S/c1-18-8-22(37-46-18)13-34-29(41)20-9-21-11-24(10-20)44-17-28(40)33-12-19-2-4-23(5-3-19)45-27-16-39(14-25(27)35-30(21)42)31(43)26-15-38-6-7-47-32(38)36-26/h2-11,15,25,27H,12-14,16-17H2,1H3,(H,33,40)(H,34,41)(H,35,42)/t25-,27-/m0/s1. The number of aryl methyl sites for hydroxylation is 1. The van der Waals surface area contributed by atoms with Gasteiger partial charge in [0.2, 0.25) is 0 Å². The number of imidazole rings is 1. The minimum atomic E-state index is -0.606. The Hall–Kier alpha value is -5.70. The second kappa shape index (κ2) is 12.6. The molecule has 4 amide bonds. The number of thiazole rings is 1. The van der Waals surface area contributed by atoms with Gasteiger partial charge in [-0.1, -0.05) is 17.3 Å². The topological polar surface area (TPSA) is 169 Å². The number of carbonyl (C=O) groups excluding carboxylic acids is 4. The van der Waals surface area contributed by atoms with Crippen LogP contribution in [0.2, 0.25) is 0 Å². The second-order valence-corrected chi connectivity index (χ2v) is 12.1. The van der Waals surface area contributed by atoms with Gasteiger partial charge in [0.25, 0.3) is 23.6 Å². The van der Waals surface area contributed by atoms with E-state index in [-0.39, 0.29) is 61.5 Å². The Morgan fingerprint density at radius 1 is 1.09 bits per heavy atom. The van der Waals surface area contributed by atoms with Crippen LogP contribution in [0.5, 0.6) is 11.5 Å². The normalized spacial score (nSPS) is 18.1. The van der Waals surface area contributed by atoms with Gasteiger partial charge in [-0.05, 0) is 42.8 Å². The number of amides is 4. The summed E-state index contributed by atoms with van der Waals surface area (Å²) in [7, 11) is 0. The number of nitrogens with zero attached hydrogens (tertiary/aromatic N) is 4. The van der Waals surface area contributed by atoms with Crippen molar-refractivity contribution in [2.24, 2.45) is 0 Å². The summed E-state index contributed by atoms with van der Waals surface area (Å²) < 4.78 is 18.9. The Morgan fingerprint density at radius 3 is 2.72 bits per heavy atom. The molecule has 2 atom stereocenters. The van der Waals surface area contributed by atoms with Crippen LogP contribution >= 0.6 is 11.3 Å². The highest BCUT2D eigenvalue weighted by atomic mass is 32.1. The van der Waals surface area contributed by atoms with Crippen LogP contribution in [0.25, 0.3) is 4.96 Å². The third-order valence-corrected chi connectivity index (χ3v) is 8.56. The van der Waals surface area contributed by atoms with Gasteiger partial charge < -0.3 is 34.8 Å². The molecule has 6 heterocycles. The third-order valence-electron chi connectivity index (χ3n) is 7.79. The SMILES string of the molecule is Cc1cc(CNC(=O)c2cc3cc(c2)C(=O)N[C@H]2CN(C(=O)c4cn5ccsc5n4)C[C@@H]2Oc2ccc(cc2)CNC(=O)CO3)no1. The van der Waals surface area contributed by atoms with Crippen LogP contribution in [0.1, 0.15) is 48.2 Å². The first-order chi connectivity index (χ1) is 22.8. The van der Waals surface area contributed by atoms with Crippen LogP contribution in [0.4, 0.5) is 0 Å². The number of carbonyl (C=O) groups is 4. The highest BCUT2D eigenvalue weighted by Gasteiger charge is 2.39. The van der Waals surface area contributed by atoms with Crippen molar-refractivity contribution in [2.45, 2.75) is 32.2 Å². The van der Waals surface area contributed by atoms with Crippen LogP contribution in [-0.4, -0.2) is 74.9 Å². The molecule has 5 aromatic rings. The average molecular weight is 656 g/mol. The van der Waals surface area contributed by atoms with E-state index >= 15 is 0 Å². The molecule has 3 aliphatic rings. The van der Waals surface area contributed by atoms with Gasteiger partial charge in [-0.3, -0.25) is 23.6 Å². The number of benzene rings is 2. The molecule has 8 rings (SSSR count). The summed E-state index contributed by atoms with van der Waals surface area (Å²) in [5, 5.41) is 14.3. The fourth-order valence-corrected chi connectivity index (χ4v) is 6.12. The van der Waals surface area contributed by atoms with Gasteiger partial charge in [0.15, 0.2) is 11.6 Å². The zero-order chi connectivity index (χ0) is 32.5. The Bertz CT molecular complexity index is 1950. The lowest BCUT2D eigenvalue weighted by Gasteiger charge is -2.21. The fraction of sp³-hybridized carbons (Fsp3) is 0.250. The van der Waals surface area contributed by atoms with Crippen molar-refractivity contribution >= 4 is 39.9 Å². The maximum Gasteiger partial charge on any atom is 0.274 e. The van der Waals surface area contributed by atoms with Crippen molar-refractivity contribution in [1.29, 1.82) is 0 Å². The Kier molecular flexibility index (Phi) is 8.03. The Labute approximate surface area is 271 Å². The van der Waals surface area contributed by atoms with E-state index in [1.807, 2.05) is 23.7 Å². The second-order valence-electron chi connectivity index (χ2n) is 11.2. The number of rotatable bonds is 4. The summed E-state index contributed by atoms with van der Waals surface area (Å²) in [6.45, 7) is 2.13. The minimum absolute atomic E-state index is 0.102. The summed E-state index contributed by atoms with van der Waals surface area (Å²) in [4.78, 5) is 59.8. The summed E-state index contributed by atoms with van der Waals surface area (Å²) in [6, 6.07) is 12.6. The molecule has 0 aliphatic carbocycles. The molecule has 0 saturated carbocycles. The van der Waals surface area contributed by atoms with Gasteiger partial charge in [0, 0.05) is 48.1 Å². The number of aromatic nitrogens is 3. The summed E-state index contributed by atoms with van der Waals surface area (Å²) >= 11 is 1.42. The van der Waals surface area contributed by atoms with E-state index in [1.54, 1.807) is 40.6 Å². The van der Waals surface area contributed by atoms with Gasteiger partial charge >= 0.3 is 0 Å². The third kappa shape index (κ3) is 6.65. The smallest absolute Gasteiger partial charge is 0.274 e. The largest absolute Gasteiger partial charge is 0.486 e. The van der Waals surface area contributed by atoms with E-state index in [0.717, 1.165) is 5.56 Å². The molecule has 4 bridgehead atoms. The molecule has 0 spiro atoms. The molecule has 2 aromatic carbocycles. The van der Waals surface area contributed by atoms with Gasteiger partial charge in [0.1, 0.15) is 34.8 Å². The number of fused-ring (bicyclic) bond motifs is 8. The van der Waals surface area contributed by atoms with Crippen molar-refractivity contribution in [2.75, 3.05) is 19.7 Å². The maximum atomic E-state index is 13.8. The van der Waals surface area contributed by atoms with E-state index in [2.05, 4.69) is 26.1 Å². The molecule has 240 valence electrons. The molecule has 3 aromatic heterocycles. The summed E-state index contributed by atoms with van der Waals surface area (Å²) in [5.41, 5.74) is 1.93. The van der Waals surface area contributed by atoms with Gasteiger partial charge in [-0.15, -0.1) is 11.3 Å². The molecule has 14 nitrogen and oxygen atoms in total. The first-order valence-corrected chi connectivity index (χ1v) is 15.7. The molecule has 0 radical (unpaired) electrons. The predicted octanol–water partition coefficient (Wildman–Crippen LogP) is 2.33. The monoisotopic (exact) mass is 655 g/mol. The zero-order valence-corrected chi connectivity index (χ0v) is 25.9. The first kappa shape index (κ1) is 30.0. The van der Waals surface area contributed by atoms with Crippen molar-refractivity contribution in [3.63, 3.8) is 0 Å². The molecule has 3 aliphatic heterocycles. The molecular formula is C32H29N7O7S. The van der Waals surface area contributed by atoms with Gasteiger partial charge in [-0.25, -0.2) is 4.98 Å². The van der Waals surface area contributed by atoms with Crippen molar-refractivity contribution in [3.05, 3.63) is 100 Å². The summed E-state index contributed by atoms with van der Waals surface area (Å²) in [5.74, 6) is -0.369. The minimum Gasteiger partial charge on any atom is -0.486 e. The molecule has 47 heavy (non-hydrogen) atoms. The number of ether oxygens (including phenoxy) is 2. The molecule has 0 unspecified atom stereocenters. The van der Waals surface area contributed by atoms with E-state index in [4.69, 9.17) is 14.0 Å². The first-order valence-electron chi connectivity index (χ1n) is 14.8. The van der Waals surface area contributed by atoms with Crippen molar-refractivity contribution < 1.29 is 33.2 Å². The van der Waals surface area contributed by atoms with Crippen LogP contribution in [0.15, 0.2) is 70.8 Å². The molecule has 3 N–H and O–H groups in total. The van der Waals surface area contributed by atoms with Crippen molar-refractivity contribution in [1.82, 2.24) is 35.4 Å². The van der Waals surface area contributed by atoms with E-state index in [9.17, 15) is 19.2 Å². The maximum absolute atomic E-state index is 13.8. The summed E-state index contributed by atoms with van der Waals surface area (Å²) in [6.07, 6.45) is 2.92. The van der Waals surface area contributed by atoms with E-state index in [0.29, 0.717) is 27.9 Å². The fourth-order valence-electron chi connectivity index (χ4n) is 5.42. The lowest BCUT2D eigenvalue weighted by Crippen LogP contribution is -2.45. The number of nitrogens with one attached hydrogen (secondary N) is 3. The van der Waals surface area contributed by atoms with E-state index in [1.165, 1.54) is 29.5 Å². The quantitative estimate of drug-likeness (QED) is 0.263. The van der Waals surface area contributed by atoms with Crippen LogP contribution in [-0.2, 0) is 17.9 Å². The lowest BCUT2D eigenvalue weighted by atomic mass is 10.1. The highest BCUT2D eigenvalue weighted by molar-refractivity contribution is 7.15. The van der Waals surface area contributed by atoms with Gasteiger partial charge in [0.05, 0.1) is 19.1 Å². The Balaban J connectivity index is 1.17. The molecule has 1 fully saturated rings. The average Bonchev–Trinajstić information content (AvgIpc) is 3.87. The van der Waals surface area contributed by atoms with Crippen molar-refractivity contribution in [3.8, 4) is 11.5 Å². The molecular weight excluding hydrogens is 626 g/mol. The predicted molar refractivity (Wildman–Crippen MR) is 167 cm³/mol. The van der Waals surface area contributed by atoms with Crippen LogP contribution in [0.3, 0.4) is 0 Å². The lowest BCUT2D eigenvalue weighted by molar-refractivity contribution is -0.123. The number of hydrogen-bond donors (Lipinski definition) is 3. The van der Waals surface area contributed by atoms with Crippen LogP contribution in [0, 0.1) is 6.92 Å². The van der Waals surface area contributed by atoms with Gasteiger partial charge in [-0.2, -0.15) is 0 Å². The number of hydrogen-bond acceptors (Lipinski definition) is 10. The zero-order valence-electron chi connectivity index (χ0n) is 25.1. The highest BCUT2D eigenvalue weighted by Crippen LogP contribution is 2.24. The number of likely N-dealkylation sites (tertiary alicyclic amines) is 1. The molecule has 15 heteroatoms. The Morgan fingerprint density at radius 2 is 1.94 bits per heavy atom. The van der Waals surface area contributed by atoms with E-state index < -0.39 is 24.0 Å². The van der Waals surface area contributed by atoms with Crippen LogP contribution < -0.4 is 25.4 Å². The molecule has 1 saturated heterocycles.